The van der Waals surface area contributed by atoms with Gasteiger partial charge in [0.25, 0.3) is 0 Å². The number of carbonyl (C=O) groups excluding carboxylic acids is 2. The summed E-state index contributed by atoms with van der Waals surface area (Å²) < 4.78 is 6.78. The van der Waals surface area contributed by atoms with E-state index in [0.29, 0.717) is 19.0 Å². The third-order valence-corrected chi connectivity index (χ3v) is 7.32. The molecular formula is C24H35NO5Se. The van der Waals surface area contributed by atoms with Crippen molar-refractivity contribution in [2.75, 3.05) is 13.1 Å². The van der Waals surface area contributed by atoms with Crippen LogP contribution in [0.1, 0.15) is 54.4 Å². The van der Waals surface area contributed by atoms with Crippen LogP contribution in [0.15, 0.2) is 42.5 Å². The summed E-state index contributed by atoms with van der Waals surface area (Å²) in [6, 6.07) is 10.3. The van der Waals surface area contributed by atoms with E-state index in [2.05, 4.69) is 12.1 Å². The molecule has 0 aromatic heterocycles. The average molecular weight is 497 g/mol. The Hall–Kier alpha value is -1.82. The van der Waals surface area contributed by atoms with Crippen LogP contribution in [0, 0.1) is 5.92 Å². The van der Waals surface area contributed by atoms with Crippen molar-refractivity contribution in [3.05, 3.63) is 42.5 Å². The molecular weight excluding hydrogens is 461 g/mol. The number of piperidine rings is 1. The number of amides is 1. The SMILES string of the molecule is CC(C)(C)OOC(=O)/C=C/[C@@H]([Se]c1ccccc1)C1CCN(C(=O)OC(C)(C)C)CC1. The topological polar surface area (TPSA) is 65.1 Å². The fraction of sp³-hybridized carbons (Fsp3) is 0.583. The number of likely N-dealkylation sites (tertiary alicyclic amines) is 1. The molecule has 1 amide bonds. The van der Waals surface area contributed by atoms with Crippen molar-refractivity contribution < 1.29 is 24.1 Å². The number of carbonyl (C=O) groups is 2. The van der Waals surface area contributed by atoms with Gasteiger partial charge in [-0.25, -0.2) is 0 Å². The third-order valence-electron chi connectivity index (χ3n) is 4.47. The Bertz CT molecular complexity index is 743. The van der Waals surface area contributed by atoms with Crippen LogP contribution in [0.2, 0.25) is 4.82 Å². The monoisotopic (exact) mass is 497 g/mol. The molecule has 0 aliphatic carbocycles. The summed E-state index contributed by atoms with van der Waals surface area (Å²) in [5.41, 5.74) is -1.05. The van der Waals surface area contributed by atoms with Crippen molar-refractivity contribution in [1.82, 2.24) is 4.90 Å². The zero-order valence-corrected chi connectivity index (χ0v) is 21.1. The van der Waals surface area contributed by atoms with Gasteiger partial charge in [0.2, 0.25) is 0 Å². The number of rotatable bonds is 6. The van der Waals surface area contributed by atoms with Gasteiger partial charge in [-0.15, -0.1) is 0 Å². The molecule has 0 radical (unpaired) electrons. The molecule has 1 atom stereocenters. The minimum atomic E-state index is -0.550. The molecule has 1 aliphatic heterocycles. The van der Waals surface area contributed by atoms with E-state index in [1.807, 2.05) is 65.8 Å². The Kier molecular flexibility index (Phi) is 9.16. The van der Waals surface area contributed by atoms with Crippen molar-refractivity contribution in [2.24, 2.45) is 5.92 Å². The van der Waals surface area contributed by atoms with Gasteiger partial charge in [0.15, 0.2) is 0 Å². The van der Waals surface area contributed by atoms with Gasteiger partial charge in [0, 0.05) is 0 Å². The van der Waals surface area contributed by atoms with Crippen LogP contribution in [0.3, 0.4) is 0 Å². The zero-order chi connectivity index (χ0) is 23.1. The number of ether oxygens (including phenoxy) is 1. The molecule has 0 bridgehead atoms. The van der Waals surface area contributed by atoms with Crippen LogP contribution in [0.5, 0.6) is 0 Å². The molecule has 0 N–H and O–H groups in total. The summed E-state index contributed by atoms with van der Waals surface area (Å²) in [5.74, 6) is -0.124. The molecule has 1 aliphatic rings. The van der Waals surface area contributed by atoms with Gasteiger partial charge in [0.05, 0.1) is 0 Å². The van der Waals surface area contributed by atoms with Crippen LogP contribution in [-0.2, 0) is 19.3 Å². The number of hydrogen-bond acceptors (Lipinski definition) is 5. The minimum absolute atomic E-state index is 0.154. The van der Waals surface area contributed by atoms with Crippen molar-refractivity contribution in [1.29, 1.82) is 0 Å². The summed E-state index contributed by atoms with van der Waals surface area (Å²) >= 11 is 0.154. The molecule has 1 heterocycles. The van der Waals surface area contributed by atoms with E-state index >= 15 is 0 Å². The van der Waals surface area contributed by atoms with E-state index in [-0.39, 0.29) is 25.9 Å². The van der Waals surface area contributed by atoms with E-state index in [1.54, 1.807) is 4.90 Å². The summed E-state index contributed by atoms with van der Waals surface area (Å²) in [4.78, 5) is 36.5. The number of hydrogen-bond donors (Lipinski definition) is 0. The van der Waals surface area contributed by atoms with Crippen molar-refractivity contribution >= 4 is 31.5 Å². The maximum atomic E-state index is 12.4. The van der Waals surface area contributed by atoms with Crippen LogP contribution in [0.4, 0.5) is 4.79 Å². The molecule has 1 aromatic rings. The Morgan fingerprint density at radius 2 is 1.65 bits per heavy atom. The summed E-state index contributed by atoms with van der Waals surface area (Å²) in [6.45, 7) is 12.4. The predicted octanol–water partition coefficient (Wildman–Crippen LogP) is 4.28. The summed E-state index contributed by atoms with van der Waals surface area (Å²) in [6.07, 6.45) is 4.91. The van der Waals surface area contributed by atoms with E-state index in [0.717, 1.165) is 12.8 Å². The first-order valence-electron chi connectivity index (χ1n) is 10.7. The molecule has 1 aromatic carbocycles. The second kappa shape index (κ2) is 11.2. The molecule has 0 spiro atoms. The van der Waals surface area contributed by atoms with Crippen molar-refractivity contribution in [3.8, 4) is 0 Å². The fourth-order valence-electron chi connectivity index (χ4n) is 3.05. The van der Waals surface area contributed by atoms with Gasteiger partial charge in [-0.05, 0) is 0 Å². The number of allylic oxidation sites excluding steroid dienone is 1. The van der Waals surface area contributed by atoms with Gasteiger partial charge in [-0.3, -0.25) is 0 Å². The molecule has 6 nitrogen and oxygen atoms in total. The molecule has 172 valence electrons. The van der Waals surface area contributed by atoms with E-state index in [9.17, 15) is 9.59 Å². The van der Waals surface area contributed by atoms with Gasteiger partial charge in [-0.2, -0.15) is 0 Å². The molecule has 2 rings (SSSR count). The Morgan fingerprint density at radius 3 is 2.19 bits per heavy atom. The summed E-state index contributed by atoms with van der Waals surface area (Å²) in [7, 11) is 0. The van der Waals surface area contributed by atoms with Crippen molar-refractivity contribution in [2.45, 2.75) is 70.4 Å². The first kappa shape index (κ1) is 25.4. The molecule has 1 saturated heterocycles. The van der Waals surface area contributed by atoms with Gasteiger partial charge >= 0.3 is 192 Å². The third kappa shape index (κ3) is 9.89. The average Bonchev–Trinajstić information content (AvgIpc) is 2.68. The predicted molar refractivity (Wildman–Crippen MR) is 122 cm³/mol. The van der Waals surface area contributed by atoms with Gasteiger partial charge in [-0.1, -0.05) is 0 Å². The Morgan fingerprint density at radius 1 is 1.03 bits per heavy atom. The quantitative estimate of drug-likeness (QED) is 0.255. The fourth-order valence-corrected chi connectivity index (χ4v) is 5.68. The van der Waals surface area contributed by atoms with E-state index in [4.69, 9.17) is 14.5 Å². The standard InChI is InChI=1S/C24H35NO5Se/c1-23(2,3)28-22(27)25-16-14-18(15-17-25)20(31-19-10-8-7-9-11-19)12-13-21(26)29-30-24(4,5)6/h7-13,18,20H,14-17H2,1-6H3/b13-12+/t20-/m1/s1. The second-order valence-corrected chi connectivity index (χ2v) is 12.3. The molecule has 0 saturated carbocycles. The van der Waals surface area contributed by atoms with Crippen LogP contribution < -0.4 is 4.46 Å². The molecule has 1 fully saturated rings. The zero-order valence-electron chi connectivity index (χ0n) is 19.4. The van der Waals surface area contributed by atoms with Crippen LogP contribution in [0.25, 0.3) is 0 Å². The van der Waals surface area contributed by atoms with Gasteiger partial charge in [0.1, 0.15) is 0 Å². The Balaban J connectivity index is 2.01. The second-order valence-electron chi connectivity index (χ2n) is 9.66. The van der Waals surface area contributed by atoms with Crippen molar-refractivity contribution in [3.63, 3.8) is 0 Å². The Labute approximate surface area is 192 Å². The normalized spacial score (nSPS) is 16.9. The summed E-state index contributed by atoms with van der Waals surface area (Å²) in [5, 5.41) is 0. The van der Waals surface area contributed by atoms with Crippen LogP contribution in [-0.4, -0.2) is 56.2 Å². The maximum absolute atomic E-state index is 12.4. The first-order chi connectivity index (χ1) is 14.4. The number of benzene rings is 1. The van der Waals surface area contributed by atoms with E-state index in [1.165, 1.54) is 10.5 Å². The molecule has 7 heteroatoms. The van der Waals surface area contributed by atoms with E-state index < -0.39 is 17.2 Å². The first-order valence-corrected chi connectivity index (χ1v) is 12.5. The van der Waals surface area contributed by atoms with Crippen LogP contribution >= 0.6 is 0 Å². The molecule has 31 heavy (non-hydrogen) atoms. The molecule has 0 unspecified atom stereocenters. The van der Waals surface area contributed by atoms with Gasteiger partial charge < -0.3 is 0 Å². The number of nitrogens with zero attached hydrogens (tertiary/aromatic N) is 1.